The van der Waals surface area contributed by atoms with E-state index in [1.165, 1.54) is 36.4 Å². The summed E-state index contributed by atoms with van der Waals surface area (Å²) >= 11 is 0. The average Bonchev–Trinajstić information content (AvgIpc) is 2.54. The molecule has 0 aliphatic heterocycles. The Kier molecular flexibility index (Phi) is 5.48. The number of hydrogen-bond acceptors (Lipinski definition) is 4. The Morgan fingerprint density at radius 3 is 1.15 bits per heavy atom. The van der Waals surface area contributed by atoms with Gasteiger partial charge >= 0.3 is 29.7 Å². The summed E-state index contributed by atoms with van der Waals surface area (Å²) in [7, 11) is 0. The van der Waals surface area contributed by atoms with Crippen LogP contribution in [0.4, 0.5) is 26.3 Å². The number of alkyl halides is 6. The summed E-state index contributed by atoms with van der Waals surface area (Å²) in [5.41, 5.74) is -5.52. The third-order valence-corrected chi connectivity index (χ3v) is 3.37. The van der Waals surface area contributed by atoms with Gasteiger partial charge in [0.2, 0.25) is 0 Å². The summed E-state index contributed by atoms with van der Waals surface area (Å²) in [5, 5.41) is 0. The van der Waals surface area contributed by atoms with Gasteiger partial charge in [-0.3, -0.25) is 0 Å². The molecule has 0 heterocycles. The van der Waals surface area contributed by atoms with Crippen molar-refractivity contribution in [3.63, 3.8) is 0 Å². The molecule has 0 radical (unpaired) electrons. The topological polar surface area (TPSA) is 52.6 Å². The monoisotopic (exact) mass is 392 g/mol. The third kappa shape index (κ3) is 3.88. The van der Waals surface area contributed by atoms with E-state index in [9.17, 15) is 35.9 Å². The number of para-hydroxylation sites is 2. The molecule has 10 heteroatoms. The molecule has 0 aliphatic rings. The fraction of sp³-hybridized carbons (Fsp3) is 0.176. The zero-order valence-electron chi connectivity index (χ0n) is 13.2. The first-order valence-electron chi connectivity index (χ1n) is 7.18. The molecule has 0 unspecified atom stereocenters. The molecule has 27 heavy (non-hydrogen) atoms. The quantitative estimate of drug-likeness (QED) is 0.337. The number of rotatable bonds is 4. The molecule has 0 saturated carbocycles. The zero-order chi connectivity index (χ0) is 20.3. The van der Waals surface area contributed by atoms with Crippen LogP contribution in [0.25, 0.3) is 0 Å². The van der Waals surface area contributed by atoms with Crippen molar-refractivity contribution in [2.75, 3.05) is 0 Å². The minimum Gasteiger partial charge on any atom is -0.425 e. The number of carbonyl (C=O) groups is 2. The van der Waals surface area contributed by atoms with Crippen LogP contribution < -0.4 is 9.47 Å². The highest BCUT2D eigenvalue weighted by Gasteiger charge is 2.83. The van der Waals surface area contributed by atoms with Crippen LogP contribution in [0, 0.1) is 5.41 Å². The predicted molar refractivity (Wildman–Crippen MR) is 78.7 cm³/mol. The Labute approximate surface area is 148 Å². The molecule has 0 saturated heterocycles. The van der Waals surface area contributed by atoms with Crippen molar-refractivity contribution >= 4 is 11.9 Å². The molecule has 4 nitrogen and oxygen atoms in total. The number of halogens is 6. The van der Waals surface area contributed by atoms with E-state index in [0.717, 1.165) is 24.3 Å². The van der Waals surface area contributed by atoms with E-state index in [4.69, 9.17) is 0 Å². The molecule has 0 bridgehead atoms. The number of esters is 2. The highest BCUT2D eigenvalue weighted by atomic mass is 19.4. The molecule has 0 aliphatic carbocycles. The molecule has 0 amide bonds. The van der Waals surface area contributed by atoms with Crippen molar-refractivity contribution in [2.24, 2.45) is 5.41 Å². The zero-order valence-corrected chi connectivity index (χ0v) is 13.2. The second-order valence-corrected chi connectivity index (χ2v) is 5.15. The molecule has 2 rings (SSSR count). The van der Waals surface area contributed by atoms with Gasteiger partial charge in [-0.25, -0.2) is 9.59 Å². The lowest BCUT2D eigenvalue weighted by atomic mass is 9.86. The van der Waals surface area contributed by atoms with Gasteiger partial charge in [-0.15, -0.1) is 0 Å². The second-order valence-electron chi connectivity index (χ2n) is 5.15. The van der Waals surface area contributed by atoms with Crippen LogP contribution in [-0.4, -0.2) is 24.3 Å². The van der Waals surface area contributed by atoms with E-state index >= 15 is 0 Å². The van der Waals surface area contributed by atoms with E-state index < -0.39 is 41.2 Å². The summed E-state index contributed by atoms with van der Waals surface area (Å²) in [4.78, 5) is 24.0. The Balaban J connectivity index is 2.53. The maximum Gasteiger partial charge on any atom is 0.424 e. The van der Waals surface area contributed by atoms with Crippen LogP contribution in [0.5, 0.6) is 11.5 Å². The molecule has 144 valence electrons. The summed E-state index contributed by atoms with van der Waals surface area (Å²) in [6.45, 7) is 0. The lowest BCUT2D eigenvalue weighted by molar-refractivity contribution is -0.320. The molecule has 2 aromatic rings. The van der Waals surface area contributed by atoms with Gasteiger partial charge in [0.15, 0.2) is 0 Å². The van der Waals surface area contributed by atoms with Gasteiger partial charge in [0.05, 0.1) is 0 Å². The fourth-order valence-electron chi connectivity index (χ4n) is 2.05. The standard InChI is InChI=1S/C17H10F6O4/c18-16(19,20)15(17(21,22)23,13(24)26-11-7-3-1-4-8-11)14(25)27-12-9-5-2-6-10-12/h1-10H. The van der Waals surface area contributed by atoms with E-state index in [-0.39, 0.29) is 0 Å². The lowest BCUT2D eigenvalue weighted by Gasteiger charge is -2.32. The normalized spacial score (nSPS) is 12.4. The van der Waals surface area contributed by atoms with Gasteiger partial charge < -0.3 is 9.47 Å². The SMILES string of the molecule is O=C(Oc1ccccc1)C(C(=O)Oc1ccccc1)(C(F)(F)F)C(F)(F)F. The highest BCUT2D eigenvalue weighted by molar-refractivity contribution is 6.03. The maximum atomic E-state index is 13.5. The first-order valence-corrected chi connectivity index (χ1v) is 7.18. The molecule has 0 N–H and O–H groups in total. The van der Waals surface area contributed by atoms with Crippen molar-refractivity contribution < 1.29 is 45.4 Å². The number of hydrogen-bond donors (Lipinski definition) is 0. The van der Waals surface area contributed by atoms with Crippen molar-refractivity contribution in [1.82, 2.24) is 0 Å². The predicted octanol–water partition coefficient (Wildman–Crippen LogP) is 4.31. The number of ether oxygens (including phenoxy) is 2. The van der Waals surface area contributed by atoms with Crippen LogP contribution in [0.3, 0.4) is 0 Å². The molecule has 0 fully saturated rings. The van der Waals surface area contributed by atoms with Gasteiger partial charge in [-0.05, 0) is 24.3 Å². The van der Waals surface area contributed by atoms with Gasteiger partial charge in [-0.2, -0.15) is 26.3 Å². The van der Waals surface area contributed by atoms with E-state index in [2.05, 4.69) is 9.47 Å². The van der Waals surface area contributed by atoms with Crippen LogP contribution in [-0.2, 0) is 9.59 Å². The Morgan fingerprint density at radius 1 is 0.593 bits per heavy atom. The van der Waals surface area contributed by atoms with Crippen molar-refractivity contribution in [1.29, 1.82) is 0 Å². The second kappa shape index (κ2) is 7.29. The molecular weight excluding hydrogens is 382 g/mol. The van der Waals surface area contributed by atoms with E-state index in [1.54, 1.807) is 0 Å². The summed E-state index contributed by atoms with van der Waals surface area (Å²) in [5.74, 6) is -6.94. The highest BCUT2D eigenvalue weighted by Crippen LogP contribution is 2.52. The van der Waals surface area contributed by atoms with Crippen LogP contribution in [0.15, 0.2) is 60.7 Å². The molecular formula is C17H10F6O4. The van der Waals surface area contributed by atoms with Gasteiger partial charge in [-0.1, -0.05) is 36.4 Å². The Bertz CT molecular complexity index is 730. The number of benzene rings is 2. The van der Waals surface area contributed by atoms with Crippen molar-refractivity contribution in [3.8, 4) is 11.5 Å². The average molecular weight is 392 g/mol. The minimum absolute atomic E-state index is 0.604. The van der Waals surface area contributed by atoms with Gasteiger partial charge in [0, 0.05) is 0 Å². The minimum atomic E-state index is -6.37. The largest absolute Gasteiger partial charge is 0.425 e. The molecule has 0 atom stereocenters. The van der Waals surface area contributed by atoms with E-state index in [1.807, 2.05) is 0 Å². The molecule has 0 spiro atoms. The molecule has 2 aromatic carbocycles. The fourth-order valence-corrected chi connectivity index (χ4v) is 2.05. The Morgan fingerprint density at radius 2 is 0.889 bits per heavy atom. The third-order valence-electron chi connectivity index (χ3n) is 3.37. The van der Waals surface area contributed by atoms with Gasteiger partial charge in [0.25, 0.3) is 0 Å². The first kappa shape index (κ1) is 20.3. The summed E-state index contributed by atoms with van der Waals surface area (Å²) in [6, 6.07) is 11.5. The van der Waals surface area contributed by atoms with Gasteiger partial charge in [0.1, 0.15) is 11.5 Å². The number of carbonyl (C=O) groups excluding carboxylic acids is 2. The molecule has 0 aromatic heterocycles. The summed E-state index contributed by atoms with van der Waals surface area (Å²) < 4.78 is 89.2. The van der Waals surface area contributed by atoms with Crippen LogP contribution in [0.2, 0.25) is 0 Å². The lowest BCUT2D eigenvalue weighted by Crippen LogP contribution is -2.63. The van der Waals surface area contributed by atoms with Crippen LogP contribution in [0.1, 0.15) is 0 Å². The first-order chi connectivity index (χ1) is 12.5. The van der Waals surface area contributed by atoms with E-state index in [0.29, 0.717) is 0 Å². The van der Waals surface area contributed by atoms with Crippen molar-refractivity contribution in [2.45, 2.75) is 12.4 Å². The smallest absolute Gasteiger partial charge is 0.424 e. The summed E-state index contributed by atoms with van der Waals surface area (Å²) in [6.07, 6.45) is -12.7. The Hall–Kier alpha value is -3.04. The maximum absolute atomic E-state index is 13.5. The van der Waals surface area contributed by atoms with Crippen LogP contribution >= 0.6 is 0 Å². The van der Waals surface area contributed by atoms with Crippen molar-refractivity contribution in [3.05, 3.63) is 60.7 Å².